The van der Waals surface area contributed by atoms with E-state index in [1.54, 1.807) is 11.0 Å². The van der Waals surface area contributed by atoms with Crippen LogP contribution in [0.1, 0.15) is 5.56 Å². The molecule has 2 rings (SSSR count). The number of aryl methyl sites for hydroxylation is 1. The monoisotopic (exact) mass is 254 g/mol. The molecule has 0 unspecified atom stereocenters. The lowest BCUT2D eigenvalue weighted by Crippen LogP contribution is -2.43. The van der Waals surface area contributed by atoms with Gasteiger partial charge < -0.3 is 15.0 Å². The van der Waals surface area contributed by atoms with Crippen LogP contribution in [0, 0.1) is 6.92 Å². The van der Waals surface area contributed by atoms with E-state index in [0.717, 1.165) is 11.3 Å². The summed E-state index contributed by atoms with van der Waals surface area (Å²) in [6.07, 6.45) is 0. The van der Waals surface area contributed by atoms with Crippen molar-refractivity contribution in [2.45, 2.75) is 6.92 Å². The molecule has 0 bridgehead atoms. The first-order chi connectivity index (χ1) is 8.16. The smallest absolute Gasteiger partial charge is 0.322 e. The predicted molar refractivity (Wildman–Crippen MR) is 67.6 cm³/mol. The van der Waals surface area contributed by atoms with E-state index >= 15 is 0 Å². The molecule has 0 atom stereocenters. The highest BCUT2D eigenvalue weighted by atomic mass is 35.5. The van der Waals surface area contributed by atoms with E-state index in [2.05, 4.69) is 5.32 Å². The molecule has 0 radical (unpaired) electrons. The van der Waals surface area contributed by atoms with E-state index in [4.69, 9.17) is 16.3 Å². The summed E-state index contributed by atoms with van der Waals surface area (Å²) in [7, 11) is 0. The number of carbonyl (C=O) groups excluding carboxylic acids is 1. The third-order valence-electron chi connectivity index (χ3n) is 2.72. The van der Waals surface area contributed by atoms with Gasteiger partial charge >= 0.3 is 6.03 Å². The molecule has 1 heterocycles. The van der Waals surface area contributed by atoms with E-state index in [9.17, 15) is 4.79 Å². The van der Waals surface area contributed by atoms with Crippen LogP contribution in [0.3, 0.4) is 0 Å². The fraction of sp³-hybridized carbons (Fsp3) is 0.417. The zero-order valence-electron chi connectivity index (χ0n) is 9.70. The Morgan fingerprint density at radius 3 is 2.76 bits per heavy atom. The van der Waals surface area contributed by atoms with Gasteiger partial charge in [-0.2, -0.15) is 0 Å². The van der Waals surface area contributed by atoms with Crippen LogP contribution in [0.5, 0.6) is 0 Å². The highest BCUT2D eigenvalue weighted by Gasteiger charge is 2.16. The maximum atomic E-state index is 11.9. The SMILES string of the molecule is Cc1ccc(NC(=O)N2CCOCC2)cc1Cl. The Hall–Kier alpha value is -1.26. The van der Waals surface area contributed by atoms with Gasteiger partial charge in [-0.3, -0.25) is 0 Å². The van der Waals surface area contributed by atoms with Crippen LogP contribution in [-0.2, 0) is 4.74 Å². The van der Waals surface area contributed by atoms with Crippen molar-refractivity contribution in [1.29, 1.82) is 0 Å². The van der Waals surface area contributed by atoms with Gasteiger partial charge in [0.1, 0.15) is 0 Å². The second-order valence-electron chi connectivity index (χ2n) is 3.99. The molecular weight excluding hydrogens is 240 g/mol. The van der Waals surface area contributed by atoms with Gasteiger partial charge in [0.15, 0.2) is 0 Å². The van der Waals surface area contributed by atoms with E-state index < -0.39 is 0 Å². The summed E-state index contributed by atoms with van der Waals surface area (Å²) in [6.45, 7) is 4.39. The van der Waals surface area contributed by atoms with Gasteiger partial charge in [-0.15, -0.1) is 0 Å². The van der Waals surface area contributed by atoms with Gasteiger partial charge in [0.25, 0.3) is 0 Å². The predicted octanol–water partition coefficient (Wildman–Crippen LogP) is 2.51. The molecular formula is C12H15ClN2O2. The van der Waals surface area contributed by atoms with Crippen molar-refractivity contribution in [1.82, 2.24) is 4.90 Å². The fourth-order valence-electron chi connectivity index (χ4n) is 1.64. The molecule has 1 fully saturated rings. The van der Waals surface area contributed by atoms with Gasteiger partial charge in [-0.05, 0) is 24.6 Å². The van der Waals surface area contributed by atoms with Crippen molar-refractivity contribution in [2.24, 2.45) is 0 Å². The van der Waals surface area contributed by atoms with Crippen LogP contribution in [0.4, 0.5) is 10.5 Å². The minimum atomic E-state index is -0.104. The Bertz CT molecular complexity index is 417. The minimum Gasteiger partial charge on any atom is -0.378 e. The molecule has 0 aliphatic carbocycles. The third kappa shape index (κ3) is 3.11. The number of morpholine rings is 1. The Labute approximate surface area is 106 Å². The molecule has 2 amide bonds. The maximum absolute atomic E-state index is 11.9. The molecule has 17 heavy (non-hydrogen) atoms. The van der Waals surface area contributed by atoms with Crippen molar-refractivity contribution in [3.05, 3.63) is 28.8 Å². The van der Waals surface area contributed by atoms with Crippen molar-refractivity contribution < 1.29 is 9.53 Å². The topological polar surface area (TPSA) is 41.6 Å². The summed E-state index contributed by atoms with van der Waals surface area (Å²) in [5.74, 6) is 0. The number of hydrogen-bond donors (Lipinski definition) is 1. The van der Waals surface area contributed by atoms with Gasteiger partial charge in [-0.1, -0.05) is 17.7 Å². The second kappa shape index (κ2) is 5.38. The van der Waals surface area contributed by atoms with E-state index in [0.29, 0.717) is 31.3 Å². The summed E-state index contributed by atoms with van der Waals surface area (Å²) in [5, 5.41) is 3.48. The summed E-state index contributed by atoms with van der Waals surface area (Å²) < 4.78 is 5.19. The number of rotatable bonds is 1. The molecule has 1 N–H and O–H groups in total. The standard InChI is InChI=1S/C12H15ClN2O2/c1-9-2-3-10(8-11(9)13)14-12(16)15-4-6-17-7-5-15/h2-3,8H,4-7H2,1H3,(H,14,16). The summed E-state index contributed by atoms with van der Waals surface area (Å²) in [5.41, 5.74) is 1.72. The minimum absolute atomic E-state index is 0.104. The Balaban J connectivity index is 1.99. The van der Waals surface area contributed by atoms with E-state index in [-0.39, 0.29) is 6.03 Å². The van der Waals surface area contributed by atoms with Crippen LogP contribution >= 0.6 is 11.6 Å². The zero-order valence-corrected chi connectivity index (χ0v) is 10.5. The number of anilines is 1. The molecule has 92 valence electrons. The number of ether oxygens (including phenoxy) is 1. The van der Waals surface area contributed by atoms with Crippen LogP contribution in [-0.4, -0.2) is 37.2 Å². The molecule has 5 heteroatoms. The van der Waals surface area contributed by atoms with Crippen molar-refractivity contribution in [3.8, 4) is 0 Å². The third-order valence-corrected chi connectivity index (χ3v) is 3.13. The first-order valence-corrected chi connectivity index (χ1v) is 5.94. The van der Waals surface area contributed by atoms with Crippen molar-refractivity contribution >= 4 is 23.3 Å². The van der Waals surface area contributed by atoms with E-state index in [1.165, 1.54) is 0 Å². The Morgan fingerprint density at radius 1 is 1.41 bits per heavy atom. The quantitative estimate of drug-likeness (QED) is 0.837. The van der Waals surface area contributed by atoms with Gasteiger partial charge in [0.2, 0.25) is 0 Å². The van der Waals surface area contributed by atoms with Crippen molar-refractivity contribution in [2.75, 3.05) is 31.6 Å². The lowest BCUT2D eigenvalue weighted by molar-refractivity contribution is 0.0564. The number of nitrogens with zero attached hydrogens (tertiary/aromatic N) is 1. The molecule has 0 saturated carbocycles. The van der Waals surface area contributed by atoms with Crippen LogP contribution in [0.2, 0.25) is 5.02 Å². The first-order valence-electron chi connectivity index (χ1n) is 5.56. The summed E-state index contributed by atoms with van der Waals surface area (Å²) in [6, 6.07) is 5.39. The highest BCUT2D eigenvalue weighted by Crippen LogP contribution is 2.20. The number of urea groups is 1. The molecule has 4 nitrogen and oxygen atoms in total. The van der Waals surface area contributed by atoms with E-state index in [1.807, 2.05) is 19.1 Å². The molecule has 0 aromatic heterocycles. The lowest BCUT2D eigenvalue weighted by atomic mass is 10.2. The Morgan fingerprint density at radius 2 is 2.12 bits per heavy atom. The zero-order chi connectivity index (χ0) is 12.3. The number of amides is 2. The number of nitrogens with one attached hydrogen (secondary N) is 1. The number of benzene rings is 1. The van der Waals surface area contributed by atoms with Crippen LogP contribution < -0.4 is 5.32 Å². The maximum Gasteiger partial charge on any atom is 0.322 e. The molecule has 1 aliphatic rings. The number of carbonyl (C=O) groups is 1. The Kier molecular flexibility index (Phi) is 3.86. The summed E-state index contributed by atoms with van der Waals surface area (Å²) >= 11 is 6.00. The van der Waals surface area contributed by atoms with Crippen LogP contribution in [0.15, 0.2) is 18.2 Å². The van der Waals surface area contributed by atoms with Gasteiger partial charge in [0.05, 0.1) is 13.2 Å². The average Bonchev–Trinajstić information content (AvgIpc) is 2.35. The van der Waals surface area contributed by atoms with Gasteiger partial charge in [-0.25, -0.2) is 4.79 Å². The average molecular weight is 255 g/mol. The normalized spacial score (nSPS) is 15.8. The molecule has 0 spiro atoms. The number of hydrogen-bond acceptors (Lipinski definition) is 2. The van der Waals surface area contributed by atoms with Crippen molar-refractivity contribution in [3.63, 3.8) is 0 Å². The molecule has 1 saturated heterocycles. The van der Waals surface area contributed by atoms with Gasteiger partial charge in [0, 0.05) is 23.8 Å². The highest BCUT2D eigenvalue weighted by molar-refractivity contribution is 6.31. The lowest BCUT2D eigenvalue weighted by Gasteiger charge is -2.27. The largest absolute Gasteiger partial charge is 0.378 e. The first kappa shape index (κ1) is 12.2. The fourth-order valence-corrected chi connectivity index (χ4v) is 1.82. The molecule has 1 aliphatic heterocycles. The number of halogens is 1. The summed E-state index contributed by atoms with van der Waals surface area (Å²) in [4.78, 5) is 13.6. The second-order valence-corrected chi connectivity index (χ2v) is 4.40. The van der Waals surface area contributed by atoms with Crippen LogP contribution in [0.25, 0.3) is 0 Å². The molecule has 1 aromatic carbocycles. The molecule has 1 aromatic rings.